The standard InChI is InChI=1S/C20H11NO2/c22-17-8-9-18(23)20-19(17)21(20)16-7-3-6-14-10-12-4-1-2-5-13(12)11-15(14)16/h1-11H. The van der Waals surface area contributed by atoms with Crippen LogP contribution in [0, 0.1) is 10.7 Å². The van der Waals surface area contributed by atoms with E-state index in [1.807, 2.05) is 24.3 Å². The first kappa shape index (κ1) is 12.4. The third-order valence-corrected chi connectivity index (χ3v) is 4.44. The quantitative estimate of drug-likeness (QED) is 0.446. The van der Waals surface area contributed by atoms with Crippen molar-refractivity contribution in [1.29, 1.82) is 0 Å². The third kappa shape index (κ3) is 1.64. The highest BCUT2D eigenvalue weighted by molar-refractivity contribution is 6.01. The Hall–Kier alpha value is -3.20. The molecule has 0 N–H and O–H groups in total. The van der Waals surface area contributed by atoms with Crippen LogP contribution >= 0.6 is 0 Å². The molecule has 3 nitrogen and oxygen atoms in total. The largest absolute Gasteiger partial charge is 0.299 e. The Labute approximate surface area is 130 Å². The minimum atomic E-state index is -0.0996. The number of fused-ring (bicyclic) bond motifs is 2. The molecule has 0 spiro atoms. The minimum Gasteiger partial charge on any atom is -0.299 e. The van der Waals surface area contributed by atoms with E-state index in [2.05, 4.69) is 30.3 Å². The van der Waals surface area contributed by atoms with Crippen LogP contribution in [-0.2, 0) is 0 Å². The van der Waals surface area contributed by atoms with E-state index in [1.54, 1.807) is 4.57 Å². The minimum absolute atomic E-state index is 0.0996. The van der Waals surface area contributed by atoms with Gasteiger partial charge in [0.05, 0.1) is 5.69 Å². The Morgan fingerprint density at radius 1 is 0.609 bits per heavy atom. The lowest BCUT2D eigenvalue weighted by molar-refractivity contribution is 1.16. The summed E-state index contributed by atoms with van der Waals surface area (Å²) in [5, 5.41) is 5.48. The average molecular weight is 297 g/mol. The fourth-order valence-corrected chi connectivity index (χ4v) is 3.31. The molecule has 1 aliphatic heterocycles. The molecule has 0 amide bonds. The van der Waals surface area contributed by atoms with E-state index in [1.165, 1.54) is 17.5 Å². The van der Waals surface area contributed by atoms with Crippen molar-refractivity contribution in [1.82, 2.24) is 4.57 Å². The molecular weight excluding hydrogens is 286 g/mol. The summed E-state index contributed by atoms with van der Waals surface area (Å²) >= 11 is 0. The van der Waals surface area contributed by atoms with Crippen molar-refractivity contribution in [3.63, 3.8) is 0 Å². The molecule has 0 bridgehead atoms. The first-order valence-corrected chi connectivity index (χ1v) is 7.47. The topological polar surface area (TPSA) is 39.1 Å². The molecule has 1 aliphatic carbocycles. The lowest BCUT2D eigenvalue weighted by atomic mass is 10.0. The molecule has 0 radical (unpaired) electrons. The molecular formula is C20H11NO2. The Bertz CT molecular complexity index is 1310. The molecule has 0 saturated heterocycles. The molecule has 5 rings (SSSR count). The summed E-state index contributed by atoms with van der Waals surface area (Å²) in [6, 6.07) is 21.1. The Morgan fingerprint density at radius 3 is 1.91 bits per heavy atom. The van der Waals surface area contributed by atoms with Gasteiger partial charge in [0.1, 0.15) is 10.7 Å². The molecule has 0 saturated carbocycles. The van der Waals surface area contributed by atoms with Gasteiger partial charge in [0, 0.05) is 5.39 Å². The molecule has 3 aromatic rings. The second-order valence-corrected chi connectivity index (χ2v) is 5.79. The average Bonchev–Trinajstić information content (AvgIpc) is 3.32. The van der Waals surface area contributed by atoms with Gasteiger partial charge in [0.15, 0.2) is 0 Å². The van der Waals surface area contributed by atoms with Gasteiger partial charge in [-0.25, -0.2) is 0 Å². The van der Waals surface area contributed by atoms with E-state index in [0.29, 0.717) is 10.7 Å². The molecule has 0 atom stereocenters. The van der Waals surface area contributed by atoms with E-state index in [-0.39, 0.29) is 10.9 Å². The molecule has 3 aromatic carbocycles. The van der Waals surface area contributed by atoms with Crippen molar-refractivity contribution < 1.29 is 0 Å². The van der Waals surface area contributed by atoms with Crippen LogP contribution in [0.2, 0.25) is 0 Å². The zero-order chi connectivity index (χ0) is 15.6. The summed E-state index contributed by atoms with van der Waals surface area (Å²) in [5.41, 5.74) is 0.693. The predicted molar refractivity (Wildman–Crippen MR) is 91.0 cm³/mol. The van der Waals surface area contributed by atoms with Crippen molar-refractivity contribution in [3.05, 3.63) is 97.9 Å². The predicted octanol–water partition coefficient (Wildman–Crippen LogP) is 3.10. The zero-order valence-electron chi connectivity index (χ0n) is 12.1. The smallest absolute Gasteiger partial charge is 0.205 e. The number of benzene rings is 3. The van der Waals surface area contributed by atoms with Gasteiger partial charge in [-0.2, -0.15) is 0 Å². The second-order valence-electron chi connectivity index (χ2n) is 5.79. The Kier molecular flexibility index (Phi) is 2.24. The Balaban J connectivity index is 1.92. The summed E-state index contributed by atoms with van der Waals surface area (Å²) in [6.07, 6.45) is 0. The Morgan fingerprint density at radius 2 is 1.22 bits per heavy atom. The highest BCUT2D eigenvalue weighted by Gasteiger charge is 2.18. The highest BCUT2D eigenvalue weighted by atomic mass is 16.1. The molecule has 0 fully saturated rings. The van der Waals surface area contributed by atoms with Crippen molar-refractivity contribution in [2.45, 2.75) is 0 Å². The van der Waals surface area contributed by atoms with Gasteiger partial charge in [-0.15, -0.1) is 0 Å². The van der Waals surface area contributed by atoms with Crippen LogP contribution in [0.5, 0.6) is 0 Å². The van der Waals surface area contributed by atoms with Crippen LogP contribution in [0.15, 0.2) is 76.3 Å². The maximum atomic E-state index is 12.0. The van der Waals surface area contributed by atoms with E-state index in [4.69, 9.17) is 0 Å². The van der Waals surface area contributed by atoms with Gasteiger partial charge in [0.2, 0.25) is 10.9 Å². The first-order chi connectivity index (χ1) is 11.2. The summed E-state index contributed by atoms with van der Waals surface area (Å²) < 4.78 is 1.78. The van der Waals surface area contributed by atoms with Crippen LogP contribution in [0.1, 0.15) is 0 Å². The van der Waals surface area contributed by atoms with Gasteiger partial charge in [-0.1, -0.05) is 36.4 Å². The monoisotopic (exact) mass is 297 g/mol. The summed E-state index contributed by atoms with van der Waals surface area (Å²) in [5.74, 6) is 0. The van der Waals surface area contributed by atoms with Gasteiger partial charge >= 0.3 is 0 Å². The van der Waals surface area contributed by atoms with Crippen LogP contribution < -0.4 is 10.9 Å². The van der Waals surface area contributed by atoms with Crippen molar-refractivity contribution in [3.8, 4) is 5.69 Å². The fraction of sp³-hybridized carbons (Fsp3) is 0. The molecule has 108 valence electrons. The van der Waals surface area contributed by atoms with Crippen LogP contribution in [0.4, 0.5) is 0 Å². The van der Waals surface area contributed by atoms with Crippen LogP contribution in [0.3, 0.4) is 0 Å². The molecule has 0 aromatic heterocycles. The van der Waals surface area contributed by atoms with E-state index >= 15 is 0 Å². The number of hydrogen-bond donors (Lipinski definition) is 0. The summed E-state index contributed by atoms with van der Waals surface area (Å²) in [7, 11) is 0. The zero-order valence-corrected chi connectivity index (χ0v) is 12.1. The van der Waals surface area contributed by atoms with Gasteiger partial charge in [-0.3, -0.25) is 14.2 Å². The van der Waals surface area contributed by atoms with E-state index < -0.39 is 0 Å². The summed E-state index contributed by atoms with van der Waals surface area (Å²) in [4.78, 5) is 23.9. The van der Waals surface area contributed by atoms with E-state index in [0.717, 1.165) is 21.8 Å². The highest BCUT2D eigenvalue weighted by Crippen LogP contribution is 2.29. The van der Waals surface area contributed by atoms with Crippen LogP contribution in [0.25, 0.3) is 27.2 Å². The lowest BCUT2D eigenvalue weighted by Gasteiger charge is -2.06. The molecule has 1 heterocycles. The van der Waals surface area contributed by atoms with Gasteiger partial charge in [0.25, 0.3) is 0 Å². The SMILES string of the molecule is O=c1ccc(=O)c2n(-c3cccc4cc5ccccc5cc34)c1=2. The van der Waals surface area contributed by atoms with Gasteiger partial charge in [-0.05, 0) is 46.5 Å². The lowest BCUT2D eigenvalue weighted by Crippen LogP contribution is -2.02. The maximum absolute atomic E-state index is 12.0. The summed E-state index contributed by atoms with van der Waals surface area (Å²) in [6.45, 7) is 0. The maximum Gasteiger partial charge on any atom is 0.205 e. The van der Waals surface area contributed by atoms with Crippen molar-refractivity contribution >= 4 is 21.5 Å². The normalized spacial score (nSPS) is 11.8. The number of nitrogens with zero attached hydrogens (tertiary/aromatic N) is 1. The van der Waals surface area contributed by atoms with Crippen LogP contribution in [-0.4, -0.2) is 4.57 Å². The molecule has 23 heavy (non-hydrogen) atoms. The molecule has 2 aliphatic rings. The van der Waals surface area contributed by atoms with Gasteiger partial charge < -0.3 is 0 Å². The molecule has 0 unspecified atom stereocenters. The van der Waals surface area contributed by atoms with Crippen molar-refractivity contribution in [2.75, 3.05) is 0 Å². The number of aromatic nitrogens is 1. The fourth-order valence-electron chi connectivity index (χ4n) is 3.31. The number of rotatable bonds is 1. The van der Waals surface area contributed by atoms with Crippen molar-refractivity contribution in [2.24, 2.45) is 0 Å². The molecule has 3 heteroatoms. The third-order valence-electron chi connectivity index (χ3n) is 4.44. The van der Waals surface area contributed by atoms with E-state index in [9.17, 15) is 9.59 Å². The second kappa shape index (κ2) is 4.17. The first-order valence-electron chi connectivity index (χ1n) is 7.47. The number of hydrogen-bond acceptors (Lipinski definition) is 2.